The minimum Gasteiger partial charge on any atom is -0.550 e. The zero-order valence-electron chi connectivity index (χ0n) is 14.4. The van der Waals surface area contributed by atoms with E-state index in [0.29, 0.717) is 6.42 Å². The largest absolute Gasteiger partial charge is 0.550 e. The molecule has 0 bridgehead atoms. The molecule has 4 heteroatoms. The van der Waals surface area contributed by atoms with Gasteiger partial charge in [-0.25, -0.2) is 0 Å². The third-order valence-electron chi connectivity index (χ3n) is 4.22. The predicted molar refractivity (Wildman–Crippen MR) is 95.8 cm³/mol. The minimum absolute atomic E-state index is 0.0213. The van der Waals surface area contributed by atoms with Crippen molar-refractivity contribution in [3.05, 3.63) is 71.9 Å². The van der Waals surface area contributed by atoms with Crippen LogP contribution >= 0.6 is 0 Å². The van der Waals surface area contributed by atoms with Gasteiger partial charge in [-0.3, -0.25) is 0 Å². The number of benzene rings is 2. The molecule has 0 saturated carbocycles. The standard InChI is InChI=1S/C21H21NO3/c1-15-7-9-16(10-8-15)18-13-11-17(12-14-21(23)24)22(18)19-5-3-4-6-20(19)25-2/h3-11,13H,12,14H2,1-2H3,(H,23,24)/p-1. The third-order valence-corrected chi connectivity index (χ3v) is 4.22. The van der Waals surface area contributed by atoms with E-state index in [1.807, 2.05) is 43.3 Å². The van der Waals surface area contributed by atoms with Crippen LogP contribution in [0.15, 0.2) is 60.7 Å². The quantitative estimate of drug-likeness (QED) is 0.696. The van der Waals surface area contributed by atoms with Gasteiger partial charge in [0.2, 0.25) is 0 Å². The van der Waals surface area contributed by atoms with Gasteiger partial charge in [0, 0.05) is 11.7 Å². The first-order valence-electron chi connectivity index (χ1n) is 8.21. The van der Waals surface area contributed by atoms with Gasteiger partial charge >= 0.3 is 0 Å². The molecule has 0 unspecified atom stereocenters. The molecular formula is C21H20NO3-. The maximum absolute atomic E-state index is 10.9. The Bertz CT molecular complexity index is 878. The Balaban J connectivity index is 2.16. The summed E-state index contributed by atoms with van der Waals surface area (Å²) in [5.74, 6) is -0.313. The van der Waals surface area contributed by atoms with Gasteiger partial charge in [0.25, 0.3) is 0 Å². The number of carboxylic acids is 1. The zero-order valence-corrected chi connectivity index (χ0v) is 14.4. The van der Waals surface area contributed by atoms with E-state index in [0.717, 1.165) is 28.4 Å². The summed E-state index contributed by atoms with van der Waals surface area (Å²) in [7, 11) is 1.63. The molecule has 2 aromatic carbocycles. The monoisotopic (exact) mass is 334 g/mol. The lowest BCUT2D eigenvalue weighted by Gasteiger charge is -2.17. The highest BCUT2D eigenvalue weighted by Gasteiger charge is 2.15. The molecule has 4 nitrogen and oxygen atoms in total. The van der Waals surface area contributed by atoms with Crippen molar-refractivity contribution >= 4 is 5.97 Å². The highest BCUT2D eigenvalue weighted by Crippen LogP contribution is 2.32. The summed E-state index contributed by atoms with van der Waals surface area (Å²) in [5, 5.41) is 10.9. The number of carbonyl (C=O) groups excluding carboxylic acids is 1. The molecule has 0 N–H and O–H groups in total. The Hall–Kier alpha value is -3.01. The third kappa shape index (κ3) is 3.58. The van der Waals surface area contributed by atoms with Crippen LogP contribution in [0.25, 0.3) is 16.9 Å². The lowest BCUT2D eigenvalue weighted by atomic mass is 10.1. The van der Waals surface area contributed by atoms with Crippen LogP contribution in [0, 0.1) is 6.92 Å². The number of carboxylic acid groups (broad SMARTS) is 1. The lowest BCUT2D eigenvalue weighted by molar-refractivity contribution is -0.305. The molecule has 0 amide bonds. The van der Waals surface area contributed by atoms with Crippen molar-refractivity contribution in [3.63, 3.8) is 0 Å². The Kier molecular flexibility index (Phi) is 4.89. The number of rotatable bonds is 6. The van der Waals surface area contributed by atoms with E-state index in [9.17, 15) is 9.90 Å². The summed E-state index contributed by atoms with van der Waals surface area (Å²) in [4.78, 5) is 10.9. The molecular weight excluding hydrogens is 314 g/mol. The van der Waals surface area contributed by atoms with E-state index < -0.39 is 5.97 Å². The number of aromatic nitrogens is 1. The lowest BCUT2D eigenvalue weighted by Crippen LogP contribution is -2.22. The summed E-state index contributed by atoms with van der Waals surface area (Å²) in [6, 6.07) is 20.0. The number of carbonyl (C=O) groups is 1. The van der Waals surface area contributed by atoms with Gasteiger partial charge < -0.3 is 19.2 Å². The van der Waals surface area contributed by atoms with Crippen LogP contribution in [-0.4, -0.2) is 17.6 Å². The Morgan fingerprint density at radius 3 is 2.44 bits per heavy atom. The normalized spacial score (nSPS) is 10.6. The fourth-order valence-electron chi connectivity index (χ4n) is 2.95. The average Bonchev–Trinajstić information content (AvgIpc) is 3.04. The number of aliphatic carboxylic acids is 1. The van der Waals surface area contributed by atoms with Crippen LogP contribution in [0.5, 0.6) is 5.75 Å². The smallest absolute Gasteiger partial charge is 0.142 e. The average molecular weight is 334 g/mol. The summed E-state index contributed by atoms with van der Waals surface area (Å²) < 4.78 is 7.57. The molecule has 3 aromatic rings. The fourth-order valence-corrected chi connectivity index (χ4v) is 2.95. The van der Waals surface area contributed by atoms with Gasteiger partial charge in [-0.15, -0.1) is 0 Å². The van der Waals surface area contributed by atoms with Crippen molar-refractivity contribution in [1.29, 1.82) is 0 Å². The zero-order chi connectivity index (χ0) is 17.8. The first kappa shape index (κ1) is 16.8. The molecule has 0 atom stereocenters. The first-order valence-corrected chi connectivity index (χ1v) is 8.21. The predicted octanol–water partition coefficient (Wildman–Crippen LogP) is 3.14. The fraction of sp³-hybridized carbons (Fsp3) is 0.190. The number of aryl methyl sites for hydroxylation is 2. The van der Waals surface area contributed by atoms with Gasteiger partial charge in [0.05, 0.1) is 18.5 Å². The minimum atomic E-state index is -1.05. The second kappa shape index (κ2) is 7.26. The van der Waals surface area contributed by atoms with Crippen molar-refractivity contribution in [3.8, 4) is 22.7 Å². The molecule has 1 heterocycles. The van der Waals surface area contributed by atoms with Crippen LogP contribution in [0.4, 0.5) is 0 Å². The van der Waals surface area contributed by atoms with Gasteiger partial charge in [0.1, 0.15) is 5.75 Å². The summed E-state index contributed by atoms with van der Waals surface area (Å²) in [5.41, 5.74) is 5.05. The SMILES string of the molecule is COc1ccccc1-n1c(CCC(=O)[O-])ccc1-c1ccc(C)cc1. The number of ether oxygens (including phenoxy) is 1. The second-order valence-electron chi connectivity index (χ2n) is 5.96. The van der Waals surface area contributed by atoms with E-state index in [1.165, 1.54) is 5.56 Å². The molecule has 0 radical (unpaired) electrons. The summed E-state index contributed by atoms with van der Waals surface area (Å²) >= 11 is 0. The molecule has 0 fully saturated rings. The Morgan fingerprint density at radius 1 is 1.04 bits per heavy atom. The number of nitrogens with zero attached hydrogens (tertiary/aromatic N) is 1. The topological polar surface area (TPSA) is 54.3 Å². The highest BCUT2D eigenvalue weighted by molar-refractivity contribution is 5.68. The van der Waals surface area contributed by atoms with Crippen LogP contribution in [0.3, 0.4) is 0 Å². The van der Waals surface area contributed by atoms with Gasteiger partial charge in [-0.05, 0) is 49.6 Å². The molecule has 0 spiro atoms. The van der Waals surface area contributed by atoms with Crippen LogP contribution < -0.4 is 9.84 Å². The maximum Gasteiger partial charge on any atom is 0.142 e. The summed E-state index contributed by atoms with van der Waals surface area (Å²) in [6.07, 6.45) is 0.374. The molecule has 25 heavy (non-hydrogen) atoms. The molecule has 1 aromatic heterocycles. The van der Waals surface area contributed by atoms with Crippen molar-refractivity contribution in [2.75, 3.05) is 7.11 Å². The van der Waals surface area contributed by atoms with E-state index in [1.54, 1.807) is 7.11 Å². The van der Waals surface area contributed by atoms with Crippen molar-refractivity contribution < 1.29 is 14.6 Å². The van der Waals surface area contributed by atoms with Crippen molar-refractivity contribution in [1.82, 2.24) is 4.57 Å². The molecule has 0 aliphatic carbocycles. The molecule has 3 rings (SSSR count). The number of para-hydroxylation sites is 2. The Labute approximate surface area is 147 Å². The van der Waals surface area contributed by atoms with Crippen LogP contribution in [-0.2, 0) is 11.2 Å². The Morgan fingerprint density at radius 2 is 1.76 bits per heavy atom. The summed E-state index contributed by atoms with van der Waals surface area (Å²) in [6.45, 7) is 2.05. The highest BCUT2D eigenvalue weighted by atomic mass is 16.5. The van der Waals surface area contributed by atoms with Crippen LogP contribution in [0.1, 0.15) is 17.7 Å². The maximum atomic E-state index is 10.9. The van der Waals surface area contributed by atoms with Gasteiger partial charge in [-0.2, -0.15) is 0 Å². The van der Waals surface area contributed by atoms with E-state index >= 15 is 0 Å². The number of hydrogen-bond donors (Lipinski definition) is 0. The second-order valence-corrected chi connectivity index (χ2v) is 5.96. The van der Waals surface area contributed by atoms with Crippen molar-refractivity contribution in [2.24, 2.45) is 0 Å². The number of methoxy groups -OCH3 is 1. The molecule has 0 aliphatic heterocycles. The van der Waals surface area contributed by atoms with Gasteiger partial charge in [0.15, 0.2) is 0 Å². The van der Waals surface area contributed by atoms with E-state index in [-0.39, 0.29) is 6.42 Å². The van der Waals surface area contributed by atoms with Crippen LogP contribution in [0.2, 0.25) is 0 Å². The van der Waals surface area contributed by atoms with E-state index in [2.05, 4.69) is 28.8 Å². The van der Waals surface area contributed by atoms with Gasteiger partial charge in [-0.1, -0.05) is 42.0 Å². The molecule has 0 aliphatic rings. The first-order chi connectivity index (χ1) is 12.1. The van der Waals surface area contributed by atoms with Crippen molar-refractivity contribution in [2.45, 2.75) is 19.8 Å². The molecule has 0 saturated heterocycles. The van der Waals surface area contributed by atoms with E-state index in [4.69, 9.17) is 4.74 Å². The number of hydrogen-bond acceptors (Lipinski definition) is 3. The molecule has 128 valence electrons.